The highest BCUT2D eigenvalue weighted by molar-refractivity contribution is 6.13. The van der Waals surface area contributed by atoms with Gasteiger partial charge in [0.25, 0.3) is 0 Å². The average Bonchev–Trinajstić information content (AvgIpc) is 2.77. The SMILES string of the molecule is c1ccc2c(c1)Oc1ccccc1N2c1cc2ncncc2c2ccccc12. The largest absolute Gasteiger partial charge is 0.453 e. The summed E-state index contributed by atoms with van der Waals surface area (Å²) >= 11 is 0. The van der Waals surface area contributed by atoms with E-state index in [1.54, 1.807) is 6.33 Å². The van der Waals surface area contributed by atoms with Gasteiger partial charge in [0.15, 0.2) is 11.5 Å². The summed E-state index contributed by atoms with van der Waals surface area (Å²) in [5, 5.41) is 3.34. The molecule has 4 heteroatoms. The number of hydrogen-bond acceptors (Lipinski definition) is 4. The second kappa shape index (κ2) is 5.79. The van der Waals surface area contributed by atoms with Crippen molar-refractivity contribution in [2.24, 2.45) is 0 Å². The molecule has 0 atom stereocenters. The summed E-state index contributed by atoms with van der Waals surface area (Å²) in [6.07, 6.45) is 3.48. The lowest BCUT2D eigenvalue weighted by atomic mass is 10.0. The van der Waals surface area contributed by atoms with Crippen molar-refractivity contribution in [1.29, 1.82) is 0 Å². The Morgan fingerprint density at radius 1 is 0.643 bits per heavy atom. The normalized spacial score (nSPS) is 12.5. The number of nitrogens with zero attached hydrogens (tertiary/aromatic N) is 3. The number of rotatable bonds is 1. The van der Waals surface area contributed by atoms with E-state index in [2.05, 4.69) is 57.3 Å². The van der Waals surface area contributed by atoms with Gasteiger partial charge in [-0.1, -0.05) is 48.5 Å². The molecular formula is C24H15N3O. The Hall–Kier alpha value is -3.92. The highest BCUT2D eigenvalue weighted by atomic mass is 16.5. The Kier molecular flexibility index (Phi) is 3.14. The molecule has 132 valence electrons. The van der Waals surface area contributed by atoms with Gasteiger partial charge >= 0.3 is 0 Å². The Labute approximate surface area is 161 Å². The van der Waals surface area contributed by atoms with Gasteiger partial charge in [-0.15, -0.1) is 0 Å². The summed E-state index contributed by atoms with van der Waals surface area (Å²) in [4.78, 5) is 11.0. The van der Waals surface area contributed by atoms with Gasteiger partial charge in [-0.3, -0.25) is 0 Å². The Balaban J connectivity index is 1.75. The third-order valence-corrected chi connectivity index (χ3v) is 5.18. The summed E-state index contributed by atoms with van der Waals surface area (Å²) in [6.45, 7) is 0. The van der Waals surface area contributed by atoms with Crippen molar-refractivity contribution in [2.75, 3.05) is 4.90 Å². The smallest absolute Gasteiger partial charge is 0.151 e. The molecule has 0 aliphatic carbocycles. The molecular weight excluding hydrogens is 346 g/mol. The molecule has 5 aromatic rings. The lowest BCUT2D eigenvalue weighted by Crippen LogP contribution is -2.16. The van der Waals surface area contributed by atoms with Crippen molar-refractivity contribution in [2.45, 2.75) is 0 Å². The van der Waals surface area contributed by atoms with Crippen LogP contribution in [0.4, 0.5) is 17.1 Å². The van der Waals surface area contributed by atoms with E-state index in [4.69, 9.17) is 4.74 Å². The van der Waals surface area contributed by atoms with Crippen LogP contribution in [0.5, 0.6) is 11.5 Å². The van der Waals surface area contributed by atoms with Crippen LogP contribution in [0.2, 0.25) is 0 Å². The zero-order valence-corrected chi connectivity index (χ0v) is 14.9. The van der Waals surface area contributed by atoms with Crippen molar-refractivity contribution in [3.63, 3.8) is 0 Å². The predicted molar refractivity (Wildman–Crippen MR) is 112 cm³/mol. The second-order valence-electron chi connectivity index (χ2n) is 6.77. The van der Waals surface area contributed by atoms with Crippen LogP contribution in [0, 0.1) is 0 Å². The van der Waals surface area contributed by atoms with Crippen molar-refractivity contribution in [3.05, 3.63) is 91.4 Å². The number of hydrogen-bond donors (Lipinski definition) is 0. The fourth-order valence-electron chi connectivity index (χ4n) is 3.96. The maximum atomic E-state index is 6.16. The number of para-hydroxylation sites is 4. The van der Waals surface area contributed by atoms with E-state index in [9.17, 15) is 0 Å². The molecule has 1 aliphatic heterocycles. The molecule has 0 saturated heterocycles. The summed E-state index contributed by atoms with van der Waals surface area (Å²) in [7, 11) is 0. The highest BCUT2D eigenvalue weighted by Crippen LogP contribution is 2.51. The molecule has 0 bridgehead atoms. The maximum absolute atomic E-state index is 6.16. The maximum Gasteiger partial charge on any atom is 0.151 e. The number of anilines is 3. The van der Waals surface area contributed by atoms with Crippen LogP contribution in [0.1, 0.15) is 0 Å². The van der Waals surface area contributed by atoms with Crippen LogP contribution in [-0.2, 0) is 0 Å². The van der Waals surface area contributed by atoms with Gasteiger partial charge in [0, 0.05) is 17.0 Å². The van der Waals surface area contributed by atoms with E-state index in [0.717, 1.165) is 50.2 Å². The minimum absolute atomic E-state index is 0.841. The lowest BCUT2D eigenvalue weighted by Gasteiger charge is -2.33. The van der Waals surface area contributed by atoms with Crippen LogP contribution < -0.4 is 9.64 Å². The molecule has 4 nitrogen and oxygen atoms in total. The fraction of sp³-hybridized carbons (Fsp3) is 0. The van der Waals surface area contributed by atoms with Gasteiger partial charge in [0.2, 0.25) is 0 Å². The molecule has 28 heavy (non-hydrogen) atoms. The standard InChI is InChI=1S/C24H15N3O/c1-2-8-17-16(7-1)18-14-25-15-26-19(18)13-22(17)27-20-9-3-5-11-23(20)28-24-12-6-4-10-21(24)27/h1-15H. The van der Waals surface area contributed by atoms with Crippen LogP contribution in [0.25, 0.3) is 21.7 Å². The van der Waals surface area contributed by atoms with E-state index in [1.807, 2.05) is 42.6 Å². The first-order valence-corrected chi connectivity index (χ1v) is 9.18. The zero-order chi connectivity index (χ0) is 18.5. The van der Waals surface area contributed by atoms with Gasteiger partial charge in [-0.2, -0.15) is 0 Å². The second-order valence-corrected chi connectivity index (χ2v) is 6.77. The fourth-order valence-corrected chi connectivity index (χ4v) is 3.96. The summed E-state index contributed by atoms with van der Waals surface area (Å²) in [5.41, 5.74) is 4.02. The Morgan fingerprint density at radius 3 is 2.04 bits per heavy atom. The first-order valence-electron chi connectivity index (χ1n) is 9.18. The molecule has 0 fully saturated rings. The molecule has 0 unspecified atom stereocenters. The first-order chi connectivity index (χ1) is 13.9. The molecule has 0 N–H and O–H groups in total. The van der Waals surface area contributed by atoms with Gasteiger partial charge in [-0.25, -0.2) is 9.97 Å². The van der Waals surface area contributed by atoms with Crippen molar-refractivity contribution in [3.8, 4) is 11.5 Å². The summed E-state index contributed by atoms with van der Waals surface area (Å²) in [6, 6.07) is 26.8. The van der Waals surface area contributed by atoms with E-state index in [1.165, 1.54) is 0 Å². The van der Waals surface area contributed by atoms with E-state index in [-0.39, 0.29) is 0 Å². The van der Waals surface area contributed by atoms with Gasteiger partial charge in [0.1, 0.15) is 6.33 Å². The first kappa shape index (κ1) is 15.2. The molecule has 4 aromatic carbocycles. The number of aromatic nitrogens is 2. The number of benzene rings is 4. The number of ether oxygens (including phenoxy) is 1. The summed E-state index contributed by atoms with van der Waals surface area (Å²) < 4.78 is 6.16. The summed E-state index contributed by atoms with van der Waals surface area (Å²) in [5.74, 6) is 1.68. The van der Waals surface area contributed by atoms with E-state index >= 15 is 0 Å². The quantitative estimate of drug-likeness (QED) is 0.319. The molecule has 0 amide bonds. The Bertz CT molecular complexity index is 1320. The van der Waals surface area contributed by atoms with E-state index in [0.29, 0.717) is 0 Å². The minimum atomic E-state index is 0.841. The van der Waals surface area contributed by atoms with Crippen molar-refractivity contribution >= 4 is 38.7 Å². The van der Waals surface area contributed by atoms with Crippen LogP contribution in [-0.4, -0.2) is 9.97 Å². The van der Waals surface area contributed by atoms with Crippen molar-refractivity contribution < 1.29 is 4.74 Å². The minimum Gasteiger partial charge on any atom is -0.453 e. The number of fused-ring (bicyclic) bond motifs is 5. The predicted octanol–water partition coefficient (Wildman–Crippen LogP) is 6.36. The molecule has 0 radical (unpaired) electrons. The molecule has 1 aliphatic rings. The molecule has 2 heterocycles. The average molecular weight is 361 g/mol. The molecule has 6 rings (SSSR count). The topological polar surface area (TPSA) is 38.2 Å². The molecule has 0 saturated carbocycles. The molecule has 1 aromatic heterocycles. The van der Waals surface area contributed by atoms with Crippen molar-refractivity contribution in [1.82, 2.24) is 9.97 Å². The molecule has 0 spiro atoms. The van der Waals surface area contributed by atoms with Gasteiger partial charge in [0.05, 0.1) is 22.6 Å². The van der Waals surface area contributed by atoms with Crippen LogP contribution in [0.15, 0.2) is 91.4 Å². The van der Waals surface area contributed by atoms with E-state index < -0.39 is 0 Å². The zero-order valence-electron chi connectivity index (χ0n) is 14.9. The van der Waals surface area contributed by atoms with Gasteiger partial charge < -0.3 is 9.64 Å². The third-order valence-electron chi connectivity index (χ3n) is 5.18. The highest BCUT2D eigenvalue weighted by Gasteiger charge is 2.26. The van der Waals surface area contributed by atoms with Gasteiger partial charge in [-0.05, 0) is 35.7 Å². The Morgan fingerprint density at radius 2 is 1.29 bits per heavy atom. The van der Waals surface area contributed by atoms with Crippen LogP contribution >= 0.6 is 0 Å². The third kappa shape index (κ3) is 2.12. The monoisotopic (exact) mass is 361 g/mol. The lowest BCUT2D eigenvalue weighted by molar-refractivity contribution is 0.477. The van der Waals surface area contributed by atoms with Crippen LogP contribution in [0.3, 0.4) is 0 Å².